The number of halogens is 1. The lowest BCUT2D eigenvalue weighted by molar-refractivity contribution is -0.324. The third-order valence-electron chi connectivity index (χ3n) is 9.98. The van der Waals surface area contributed by atoms with Crippen LogP contribution in [-0.2, 0) is 54.7 Å². The maximum Gasteiger partial charge on any atom is 0.144 e. The number of hydrogen-bond donors (Lipinski definition) is 0. The second-order valence-electron chi connectivity index (χ2n) is 14.2. The second-order valence-corrected chi connectivity index (χ2v) is 14.6. The smallest absolute Gasteiger partial charge is 0.144 e. The Balaban J connectivity index is 1.30. The van der Waals surface area contributed by atoms with Crippen LogP contribution in [0.3, 0.4) is 0 Å². The fourth-order valence-corrected chi connectivity index (χ4v) is 7.43. The monoisotopic (exact) mass is 760 g/mol. The zero-order chi connectivity index (χ0) is 37.9. The SMILES string of the molecule is C=C1COCC2(COC1)OC(c1ccc(Cl)c(Cc3ccc(OCC)cc3)c1)C(OCc1ccccc1)C(OCc1ccccc1)C2OCc1ccccc1. The molecule has 0 radical (unpaired) electrons. The molecule has 286 valence electrons. The molecule has 2 fully saturated rings. The quantitative estimate of drug-likeness (QED) is 0.105. The van der Waals surface area contributed by atoms with Crippen LogP contribution in [0.25, 0.3) is 0 Å². The summed E-state index contributed by atoms with van der Waals surface area (Å²) in [4.78, 5) is 0. The molecule has 2 saturated heterocycles. The average Bonchev–Trinajstić information content (AvgIpc) is 3.21. The van der Waals surface area contributed by atoms with Crippen LogP contribution >= 0.6 is 11.6 Å². The molecule has 5 aromatic rings. The molecule has 0 bridgehead atoms. The first-order valence-electron chi connectivity index (χ1n) is 19.0. The Kier molecular flexibility index (Phi) is 13.5. The summed E-state index contributed by atoms with van der Waals surface area (Å²) < 4.78 is 46.7. The maximum absolute atomic E-state index is 7.37. The summed E-state index contributed by atoms with van der Waals surface area (Å²) in [6.07, 6.45) is -1.83. The predicted octanol–water partition coefficient (Wildman–Crippen LogP) is 9.50. The average molecular weight is 761 g/mol. The normalized spacial score (nSPS) is 21.2. The van der Waals surface area contributed by atoms with Gasteiger partial charge in [-0.25, -0.2) is 0 Å². The van der Waals surface area contributed by atoms with Crippen molar-refractivity contribution in [3.8, 4) is 5.75 Å². The van der Waals surface area contributed by atoms with Gasteiger partial charge in [-0.2, -0.15) is 0 Å². The summed E-state index contributed by atoms with van der Waals surface area (Å²) in [6.45, 7) is 8.83. The van der Waals surface area contributed by atoms with Crippen LogP contribution in [0.15, 0.2) is 146 Å². The van der Waals surface area contributed by atoms with E-state index in [0.717, 1.165) is 44.7 Å². The lowest BCUT2D eigenvalue weighted by Gasteiger charge is -2.53. The topological polar surface area (TPSA) is 64.6 Å². The zero-order valence-electron chi connectivity index (χ0n) is 31.3. The summed E-state index contributed by atoms with van der Waals surface area (Å²) in [5, 5.41) is 0.669. The molecule has 0 aromatic heterocycles. The van der Waals surface area contributed by atoms with Crippen LogP contribution in [0.2, 0.25) is 5.02 Å². The predicted molar refractivity (Wildman–Crippen MR) is 214 cm³/mol. The molecule has 0 aliphatic carbocycles. The van der Waals surface area contributed by atoms with E-state index in [9.17, 15) is 0 Å². The maximum atomic E-state index is 7.37. The molecule has 4 unspecified atom stereocenters. The van der Waals surface area contributed by atoms with Crippen LogP contribution in [0.5, 0.6) is 5.75 Å². The lowest BCUT2D eigenvalue weighted by atomic mass is 9.82. The molecule has 2 heterocycles. The van der Waals surface area contributed by atoms with E-state index in [2.05, 4.69) is 61.2 Å². The molecule has 8 heteroatoms. The van der Waals surface area contributed by atoms with Gasteiger partial charge in [0.15, 0.2) is 0 Å². The van der Waals surface area contributed by atoms with Crippen molar-refractivity contribution < 1.29 is 33.2 Å². The van der Waals surface area contributed by atoms with Crippen LogP contribution in [-0.4, -0.2) is 56.9 Å². The molecule has 5 aromatic carbocycles. The van der Waals surface area contributed by atoms with E-state index in [0.29, 0.717) is 51.1 Å². The zero-order valence-corrected chi connectivity index (χ0v) is 32.1. The lowest BCUT2D eigenvalue weighted by Crippen LogP contribution is -2.67. The van der Waals surface area contributed by atoms with Gasteiger partial charge in [-0.15, -0.1) is 0 Å². The standard InChI is InChI=1S/C47H49ClO7/c1-3-51-41-22-19-35(20-23-41)25-40-26-39(21-24-42(40)48)43-44(52-29-36-13-7-4-8-14-36)45(53-30-37-15-9-5-10-16-37)46(54-31-38-17-11-6-12-18-38)47(55-43)32-49-27-34(2)28-50-33-47/h4-24,26,43-46H,2-3,25,27-33H2,1H3. The van der Waals surface area contributed by atoms with Gasteiger partial charge in [0, 0.05) is 5.02 Å². The molecule has 55 heavy (non-hydrogen) atoms. The molecule has 1 spiro atoms. The summed E-state index contributed by atoms with van der Waals surface area (Å²) in [6, 6.07) is 44.7. The Morgan fingerprint density at radius 2 is 1.20 bits per heavy atom. The summed E-state index contributed by atoms with van der Waals surface area (Å²) in [7, 11) is 0. The highest BCUT2D eigenvalue weighted by atomic mass is 35.5. The summed E-state index contributed by atoms with van der Waals surface area (Å²) in [5.41, 5.74) is 5.88. The van der Waals surface area contributed by atoms with Gasteiger partial charge in [0.2, 0.25) is 0 Å². The minimum absolute atomic E-state index is 0.200. The highest BCUT2D eigenvalue weighted by molar-refractivity contribution is 6.31. The van der Waals surface area contributed by atoms with E-state index in [-0.39, 0.29) is 13.2 Å². The van der Waals surface area contributed by atoms with Crippen molar-refractivity contribution in [3.63, 3.8) is 0 Å². The molecule has 7 rings (SSSR count). The Hall–Kier alpha value is -4.31. The Morgan fingerprint density at radius 1 is 0.655 bits per heavy atom. The van der Waals surface area contributed by atoms with Crippen LogP contribution in [0, 0.1) is 0 Å². The molecule has 2 aliphatic heterocycles. The van der Waals surface area contributed by atoms with Gasteiger partial charge in [-0.3, -0.25) is 0 Å². The van der Waals surface area contributed by atoms with Crippen LogP contribution < -0.4 is 4.74 Å². The highest BCUT2D eigenvalue weighted by Gasteiger charge is 2.58. The van der Waals surface area contributed by atoms with Gasteiger partial charge in [0.1, 0.15) is 35.8 Å². The first-order valence-corrected chi connectivity index (χ1v) is 19.3. The van der Waals surface area contributed by atoms with E-state index in [1.807, 2.05) is 85.8 Å². The van der Waals surface area contributed by atoms with Crippen molar-refractivity contribution in [2.45, 2.75) is 63.2 Å². The van der Waals surface area contributed by atoms with Gasteiger partial charge in [-0.05, 0) is 70.5 Å². The van der Waals surface area contributed by atoms with E-state index in [1.165, 1.54) is 0 Å². The molecular formula is C47H49ClO7. The summed E-state index contributed by atoms with van der Waals surface area (Å²) in [5.74, 6) is 0.836. The molecule has 4 atom stereocenters. The first-order chi connectivity index (χ1) is 27.0. The van der Waals surface area contributed by atoms with Crippen molar-refractivity contribution in [2.75, 3.05) is 33.0 Å². The van der Waals surface area contributed by atoms with E-state index >= 15 is 0 Å². The molecule has 0 saturated carbocycles. The first kappa shape index (κ1) is 38.9. The minimum Gasteiger partial charge on any atom is -0.494 e. The Labute approximate surface area is 329 Å². The largest absolute Gasteiger partial charge is 0.494 e. The van der Waals surface area contributed by atoms with Gasteiger partial charge in [-0.1, -0.05) is 133 Å². The fraction of sp³-hybridized carbons (Fsp3) is 0.319. The Morgan fingerprint density at radius 3 is 1.76 bits per heavy atom. The van der Waals surface area contributed by atoms with Crippen molar-refractivity contribution in [1.82, 2.24) is 0 Å². The second kappa shape index (κ2) is 19.0. The minimum atomic E-state index is -1.07. The van der Waals surface area contributed by atoms with Crippen LogP contribution in [0.4, 0.5) is 0 Å². The van der Waals surface area contributed by atoms with E-state index in [1.54, 1.807) is 0 Å². The van der Waals surface area contributed by atoms with Gasteiger partial charge in [0.25, 0.3) is 0 Å². The van der Waals surface area contributed by atoms with E-state index < -0.39 is 30.0 Å². The molecule has 0 N–H and O–H groups in total. The van der Waals surface area contributed by atoms with E-state index in [4.69, 9.17) is 44.8 Å². The number of hydrogen-bond acceptors (Lipinski definition) is 7. The van der Waals surface area contributed by atoms with Gasteiger partial charge < -0.3 is 33.2 Å². The fourth-order valence-electron chi connectivity index (χ4n) is 7.24. The Bertz CT molecular complexity index is 1930. The summed E-state index contributed by atoms with van der Waals surface area (Å²) >= 11 is 6.92. The molecule has 7 nitrogen and oxygen atoms in total. The molecular weight excluding hydrogens is 712 g/mol. The van der Waals surface area contributed by atoms with Crippen molar-refractivity contribution in [3.05, 3.63) is 184 Å². The molecule has 0 amide bonds. The highest BCUT2D eigenvalue weighted by Crippen LogP contribution is 2.45. The number of benzene rings is 5. The van der Waals surface area contributed by atoms with Gasteiger partial charge >= 0.3 is 0 Å². The third-order valence-corrected chi connectivity index (χ3v) is 10.3. The number of ether oxygens (including phenoxy) is 7. The van der Waals surface area contributed by atoms with Crippen molar-refractivity contribution in [1.29, 1.82) is 0 Å². The number of rotatable bonds is 14. The van der Waals surface area contributed by atoms with Crippen LogP contribution in [0.1, 0.15) is 46.4 Å². The van der Waals surface area contributed by atoms with Gasteiger partial charge in [0.05, 0.1) is 52.9 Å². The van der Waals surface area contributed by atoms with Crippen molar-refractivity contribution in [2.24, 2.45) is 0 Å². The third kappa shape index (κ3) is 10.1. The molecule has 2 aliphatic rings. The van der Waals surface area contributed by atoms with Crippen molar-refractivity contribution >= 4 is 11.6 Å².